The number of methoxy groups -OCH3 is 1. The van der Waals surface area contributed by atoms with Crippen LogP contribution in [0, 0.1) is 0 Å². The predicted molar refractivity (Wildman–Crippen MR) is 122 cm³/mol. The fraction of sp³-hybridized carbons (Fsp3) is 0.190. The van der Waals surface area contributed by atoms with Gasteiger partial charge in [-0.25, -0.2) is 4.98 Å². The Morgan fingerprint density at radius 2 is 1.83 bits per heavy atom. The highest BCUT2D eigenvalue weighted by atomic mass is 31.2. The van der Waals surface area contributed by atoms with Crippen molar-refractivity contribution in [3.05, 3.63) is 65.4 Å². The minimum absolute atomic E-state index is 0.0985. The molecule has 0 saturated carbocycles. The maximum Gasteiger partial charge on any atom is 0.421 e. The Morgan fingerprint density at radius 1 is 1.11 bits per heavy atom. The first-order chi connectivity index (χ1) is 16.4. The van der Waals surface area contributed by atoms with Crippen LogP contribution in [0.3, 0.4) is 0 Å². The van der Waals surface area contributed by atoms with Crippen molar-refractivity contribution in [3.63, 3.8) is 0 Å². The van der Waals surface area contributed by atoms with Crippen molar-refractivity contribution in [3.8, 4) is 5.75 Å². The molecular formula is C21H21F3N5O5P. The molecule has 3 aromatic rings. The molecular weight excluding hydrogens is 490 g/mol. The third kappa shape index (κ3) is 6.69. The van der Waals surface area contributed by atoms with Crippen LogP contribution in [0.25, 0.3) is 0 Å². The van der Waals surface area contributed by atoms with Gasteiger partial charge in [0.1, 0.15) is 17.1 Å². The molecule has 1 amide bonds. The fourth-order valence-electron chi connectivity index (χ4n) is 3.09. The third-order valence-corrected chi connectivity index (χ3v) is 5.42. The average molecular weight is 511 g/mol. The molecule has 0 bridgehead atoms. The lowest BCUT2D eigenvalue weighted by atomic mass is 10.1. The Bertz CT molecular complexity index is 1280. The molecule has 0 aliphatic carbocycles. The summed E-state index contributed by atoms with van der Waals surface area (Å²) in [6.45, 7) is 0. The zero-order valence-electron chi connectivity index (χ0n) is 18.4. The van der Waals surface area contributed by atoms with Crippen LogP contribution < -0.4 is 20.7 Å². The molecule has 2 aromatic carbocycles. The van der Waals surface area contributed by atoms with Crippen LogP contribution in [-0.4, -0.2) is 39.8 Å². The standard InChI is InChI=1S/C21H21F3N5O5P/c1-25-19(30)13-5-3-4-6-15(13)27-18-14(21(22,23)24)10-26-20(29-18)28-16-8-7-12(9-17(16)34-2)11-35(31,32)33/h3-10H,11H2,1-2H3,(H,25,30)(H2,31,32,33)(H2,26,27,28,29). The molecule has 1 aromatic heterocycles. The third-order valence-electron chi connectivity index (χ3n) is 4.65. The zero-order valence-corrected chi connectivity index (χ0v) is 19.3. The molecule has 0 unspecified atom stereocenters. The van der Waals surface area contributed by atoms with Gasteiger partial charge in [-0.3, -0.25) is 9.36 Å². The van der Waals surface area contributed by atoms with E-state index in [9.17, 15) is 22.5 Å². The van der Waals surface area contributed by atoms with Gasteiger partial charge in [0.05, 0.1) is 30.2 Å². The number of nitrogens with one attached hydrogen (secondary N) is 3. The highest BCUT2D eigenvalue weighted by molar-refractivity contribution is 7.50. The van der Waals surface area contributed by atoms with E-state index in [-0.39, 0.29) is 28.6 Å². The van der Waals surface area contributed by atoms with Crippen molar-refractivity contribution in [2.45, 2.75) is 12.3 Å². The van der Waals surface area contributed by atoms with Crippen molar-refractivity contribution >= 4 is 36.6 Å². The molecule has 186 valence electrons. The smallest absolute Gasteiger partial charge is 0.421 e. The van der Waals surface area contributed by atoms with Crippen LogP contribution in [0.5, 0.6) is 5.75 Å². The van der Waals surface area contributed by atoms with E-state index in [1.165, 1.54) is 44.5 Å². The van der Waals surface area contributed by atoms with E-state index in [1.807, 2.05) is 0 Å². The lowest BCUT2D eigenvalue weighted by Crippen LogP contribution is -2.20. The number of halogens is 3. The molecule has 0 spiro atoms. The maximum absolute atomic E-state index is 13.6. The second-order valence-corrected chi connectivity index (χ2v) is 8.83. The average Bonchev–Trinajstić information content (AvgIpc) is 2.78. The van der Waals surface area contributed by atoms with Crippen LogP contribution in [-0.2, 0) is 16.9 Å². The van der Waals surface area contributed by atoms with Gasteiger partial charge in [0, 0.05) is 13.2 Å². The van der Waals surface area contributed by atoms with E-state index < -0.39 is 37.2 Å². The second kappa shape index (κ2) is 10.3. The first-order valence-corrected chi connectivity index (χ1v) is 11.7. The highest BCUT2D eigenvalue weighted by Crippen LogP contribution is 2.41. The molecule has 0 saturated heterocycles. The Morgan fingerprint density at radius 3 is 2.46 bits per heavy atom. The van der Waals surface area contributed by atoms with E-state index in [4.69, 9.17) is 14.5 Å². The number of carbonyl (C=O) groups excluding carboxylic acids is 1. The van der Waals surface area contributed by atoms with E-state index in [0.717, 1.165) is 0 Å². The summed E-state index contributed by atoms with van der Waals surface area (Å²) in [5, 5.41) is 7.72. The van der Waals surface area contributed by atoms with Crippen molar-refractivity contribution in [2.24, 2.45) is 0 Å². The number of hydrogen-bond acceptors (Lipinski definition) is 7. The molecule has 0 radical (unpaired) electrons. The summed E-state index contributed by atoms with van der Waals surface area (Å²) in [6.07, 6.45) is -4.71. The van der Waals surface area contributed by atoms with E-state index in [2.05, 4.69) is 25.9 Å². The molecule has 5 N–H and O–H groups in total. The molecule has 0 aliphatic rings. The number of aromatic nitrogens is 2. The van der Waals surface area contributed by atoms with Crippen molar-refractivity contribution in [1.82, 2.24) is 15.3 Å². The first kappa shape index (κ1) is 25.9. The number of amides is 1. The molecule has 0 atom stereocenters. The summed E-state index contributed by atoms with van der Waals surface area (Å²) >= 11 is 0. The summed E-state index contributed by atoms with van der Waals surface area (Å²) in [6, 6.07) is 10.2. The summed E-state index contributed by atoms with van der Waals surface area (Å²) < 4.78 is 57.4. The van der Waals surface area contributed by atoms with E-state index in [1.54, 1.807) is 12.1 Å². The minimum Gasteiger partial charge on any atom is -0.495 e. The molecule has 1 heterocycles. The Hall–Kier alpha value is -3.67. The molecule has 3 rings (SSSR count). The molecule has 0 aliphatic heterocycles. The molecule has 35 heavy (non-hydrogen) atoms. The number of rotatable bonds is 8. The number of benzene rings is 2. The summed E-state index contributed by atoms with van der Waals surface area (Å²) in [5.41, 5.74) is -0.403. The number of ether oxygens (including phenoxy) is 1. The number of nitrogens with zero attached hydrogens (tertiary/aromatic N) is 2. The number of anilines is 4. The number of para-hydroxylation sites is 1. The van der Waals surface area contributed by atoms with Crippen LogP contribution in [0.4, 0.5) is 36.3 Å². The molecule has 10 nitrogen and oxygen atoms in total. The number of alkyl halides is 3. The van der Waals surface area contributed by atoms with Crippen molar-refractivity contribution in [2.75, 3.05) is 24.8 Å². The summed E-state index contributed by atoms with van der Waals surface area (Å²) in [5.74, 6) is -1.16. The van der Waals surface area contributed by atoms with Gasteiger partial charge >= 0.3 is 13.8 Å². The van der Waals surface area contributed by atoms with Gasteiger partial charge in [0.2, 0.25) is 5.95 Å². The molecule has 14 heteroatoms. The Balaban J connectivity index is 1.99. The van der Waals surface area contributed by atoms with Crippen LogP contribution in [0.1, 0.15) is 21.5 Å². The van der Waals surface area contributed by atoms with Crippen LogP contribution in [0.2, 0.25) is 0 Å². The van der Waals surface area contributed by atoms with Crippen molar-refractivity contribution in [1.29, 1.82) is 0 Å². The normalized spacial score (nSPS) is 11.6. The quantitative estimate of drug-likeness (QED) is 0.283. The Labute approximate surface area is 197 Å². The predicted octanol–water partition coefficient (Wildman–Crippen LogP) is 4.03. The fourth-order valence-corrected chi connectivity index (χ4v) is 3.77. The van der Waals surface area contributed by atoms with Gasteiger partial charge in [-0.2, -0.15) is 18.2 Å². The van der Waals surface area contributed by atoms with Gasteiger partial charge < -0.3 is 30.5 Å². The van der Waals surface area contributed by atoms with Gasteiger partial charge in [-0.15, -0.1) is 0 Å². The van der Waals surface area contributed by atoms with Crippen LogP contribution >= 0.6 is 7.60 Å². The van der Waals surface area contributed by atoms with E-state index >= 15 is 0 Å². The van der Waals surface area contributed by atoms with Gasteiger partial charge in [0.15, 0.2) is 0 Å². The lowest BCUT2D eigenvalue weighted by molar-refractivity contribution is -0.137. The molecule has 0 fully saturated rings. The summed E-state index contributed by atoms with van der Waals surface area (Å²) in [4.78, 5) is 38.1. The monoisotopic (exact) mass is 511 g/mol. The second-order valence-electron chi connectivity index (χ2n) is 7.19. The number of hydrogen-bond donors (Lipinski definition) is 5. The van der Waals surface area contributed by atoms with Gasteiger partial charge in [-0.1, -0.05) is 18.2 Å². The van der Waals surface area contributed by atoms with Crippen molar-refractivity contribution < 1.29 is 37.1 Å². The zero-order chi connectivity index (χ0) is 25.8. The SMILES string of the molecule is CNC(=O)c1ccccc1Nc1nc(Nc2ccc(CP(=O)(O)O)cc2OC)ncc1C(F)(F)F. The van der Waals surface area contributed by atoms with Crippen LogP contribution in [0.15, 0.2) is 48.7 Å². The van der Waals surface area contributed by atoms with Gasteiger partial charge in [-0.05, 0) is 29.8 Å². The maximum atomic E-state index is 13.6. The first-order valence-electron chi connectivity index (χ1n) is 9.92. The minimum atomic E-state index is -4.79. The highest BCUT2D eigenvalue weighted by Gasteiger charge is 2.35. The number of carbonyl (C=O) groups is 1. The topological polar surface area (TPSA) is 146 Å². The largest absolute Gasteiger partial charge is 0.495 e. The lowest BCUT2D eigenvalue weighted by Gasteiger charge is -2.17. The summed E-state index contributed by atoms with van der Waals surface area (Å²) in [7, 11) is -1.61. The van der Waals surface area contributed by atoms with Gasteiger partial charge in [0.25, 0.3) is 5.91 Å². The van der Waals surface area contributed by atoms with E-state index in [0.29, 0.717) is 11.8 Å². The Kier molecular flexibility index (Phi) is 7.64.